The average molecular weight is 275 g/mol. The van der Waals surface area contributed by atoms with Crippen molar-refractivity contribution in [3.05, 3.63) is 22.1 Å². The summed E-state index contributed by atoms with van der Waals surface area (Å²) in [4.78, 5) is 14.1. The zero-order valence-electron chi connectivity index (χ0n) is 10.7. The van der Waals surface area contributed by atoms with E-state index >= 15 is 0 Å². The third-order valence-electron chi connectivity index (χ3n) is 2.75. The quantitative estimate of drug-likeness (QED) is 0.576. The molecule has 0 aliphatic heterocycles. The topological polar surface area (TPSA) is 95.1 Å². The summed E-state index contributed by atoms with van der Waals surface area (Å²) < 4.78 is 24.6. The van der Waals surface area contributed by atoms with Gasteiger partial charge in [-0.15, -0.1) is 0 Å². The minimum absolute atomic E-state index is 0.0272. The van der Waals surface area contributed by atoms with Gasteiger partial charge in [-0.3, -0.25) is 0 Å². The highest BCUT2D eigenvalue weighted by molar-refractivity contribution is 7.91. The van der Waals surface area contributed by atoms with E-state index in [0.29, 0.717) is 12.2 Å². The monoisotopic (exact) mass is 275 g/mol. The fraction of sp³-hybridized carbons (Fsp3) is 0.700. The summed E-state index contributed by atoms with van der Waals surface area (Å²) in [5.74, 6) is 0.442. The van der Waals surface area contributed by atoms with E-state index in [1.54, 1.807) is 20.8 Å². The van der Waals surface area contributed by atoms with E-state index in [1.165, 1.54) is 10.8 Å². The lowest BCUT2D eigenvalue weighted by molar-refractivity contribution is -0.392. The van der Waals surface area contributed by atoms with Crippen LogP contribution in [0.1, 0.15) is 26.1 Å². The normalized spacial score (nSPS) is 12.0. The lowest BCUT2D eigenvalue weighted by Gasteiger charge is -2.07. The van der Waals surface area contributed by atoms with E-state index in [4.69, 9.17) is 0 Å². The SMILES string of the molecule is Cc1ncc([N+](=O)[O-])n1CCCS(=O)(=O)C(C)C. The second kappa shape index (κ2) is 5.47. The highest BCUT2D eigenvalue weighted by atomic mass is 32.2. The van der Waals surface area contributed by atoms with Crippen LogP contribution in [0.4, 0.5) is 5.82 Å². The molecule has 0 atom stereocenters. The summed E-state index contributed by atoms with van der Waals surface area (Å²) in [6.07, 6.45) is 1.53. The van der Waals surface area contributed by atoms with Gasteiger partial charge in [0.1, 0.15) is 6.20 Å². The molecule has 1 heterocycles. The molecule has 0 aliphatic rings. The molecule has 7 nitrogen and oxygen atoms in total. The highest BCUT2D eigenvalue weighted by Gasteiger charge is 2.20. The van der Waals surface area contributed by atoms with Crippen LogP contribution in [0.25, 0.3) is 0 Å². The molecule has 0 spiro atoms. The summed E-state index contributed by atoms with van der Waals surface area (Å²) in [5.41, 5.74) is 0. The van der Waals surface area contributed by atoms with Crippen molar-refractivity contribution in [3.63, 3.8) is 0 Å². The number of sulfone groups is 1. The summed E-state index contributed by atoms with van der Waals surface area (Å²) in [5, 5.41) is 10.3. The van der Waals surface area contributed by atoms with Crippen molar-refractivity contribution in [1.82, 2.24) is 9.55 Å². The number of aromatic nitrogens is 2. The Kier molecular flexibility index (Phi) is 4.44. The van der Waals surface area contributed by atoms with Crippen molar-refractivity contribution >= 4 is 15.7 Å². The number of imidazole rings is 1. The molecule has 0 saturated carbocycles. The standard InChI is InChI=1S/C10H17N3O4S/c1-8(2)18(16,17)6-4-5-12-9(3)11-7-10(12)13(14)15/h7-8H,4-6H2,1-3H3. The molecule has 18 heavy (non-hydrogen) atoms. The maximum absolute atomic E-state index is 11.6. The van der Waals surface area contributed by atoms with Gasteiger partial charge in [0.15, 0.2) is 15.7 Å². The number of rotatable bonds is 6. The molecule has 8 heteroatoms. The minimum atomic E-state index is -3.10. The van der Waals surface area contributed by atoms with Crippen LogP contribution in [-0.2, 0) is 16.4 Å². The van der Waals surface area contributed by atoms with Crippen LogP contribution < -0.4 is 0 Å². The molecular formula is C10H17N3O4S. The first-order valence-corrected chi connectivity index (χ1v) is 7.35. The predicted octanol–water partition coefficient (Wildman–Crippen LogP) is 1.31. The molecular weight excluding hydrogens is 258 g/mol. The maximum atomic E-state index is 11.6. The second-order valence-electron chi connectivity index (χ2n) is 4.34. The van der Waals surface area contributed by atoms with Gasteiger partial charge in [-0.25, -0.2) is 18.0 Å². The number of nitrogens with zero attached hydrogens (tertiary/aromatic N) is 3. The molecule has 0 unspecified atom stereocenters. The molecule has 0 saturated heterocycles. The van der Waals surface area contributed by atoms with E-state index in [2.05, 4.69) is 4.98 Å². The fourth-order valence-corrected chi connectivity index (χ4v) is 2.54. The van der Waals surface area contributed by atoms with Crippen molar-refractivity contribution in [2.75, 3.05) is 5.75 Å². The number of nitro groups is 1. The number of aryl methyl sites for hydroxylation is 1. The molecule has 0 aliphatic carbocycles. The van der Waals surface area contributed by atoms with Gasteiger partial charge in [0, 0.05) is 6.92 Å². The maximum Gasteiger partial charge on any atom is 0.342 e. The van der Waals surface area contributed by atoms with Gasteiger partial charge in [-0.1, -0.05) is 0 Å². The van der Waals surface area contributed by atoms with Gasteiger partial charge >= 0.3 is 5.82 Å². The van der Waals surface area contributed by atoms with Crippen LogP contribution >= 0.6 is 0 Å². The molecule has 102 valence electrons. The average Bonchev–Trinajstić information content (AvgIpc) is 2.60. The van der Waals surface area contributed by atoms with E-state index in [-0.39, 0.29) is 18.1 Å². The zero-order chi connectivity index (χ0) is 13.9. The Balaban J connectivity index is 2.71. The third kappa shape index (κ3) is 3.28. The summed E-state index contributed by atoms with van der Waals surface area (Å²) >= 11 is 0. The van der Waals surface area contributed by atoms with E-state index < -0.39 is 20.0 Å². The number of hydrogen-bond donors (Lipinski definition) is 0. The summed E-state index contributed by atoms with van der Waals surface area (Å²) in [7, 11) is -3.10. The third-order valence-corrected chi connectivity index (χ3v) is 5.04. The second-order valence-corrected chi connectivity index (χ2v) is 7.02. The zero-order valence-corrected chi connectivity index (χ0v) is 11.5. The van der Waals surface area contributed by atoms with Crippen LogP contribution in [0.2, 0.25) is 0 Å². The van der Waals surface area contributed by atoms with Gasteiger partial charge in [-0.05, 0) is 25.2 Å². The molecule has 0 radical (unpaired) electrons. The Morgan fingerprint density at radius 2 is 2.11 bits per heavy atom. The Hall–Kier alpha value is -1.44. The van der Waals surface area contributed by atoms with Crippen molar-refractivity contribution < 1.29 is 13.3 Å². The largest absolute Gasteiger partial charge is 0.358 e. The molecule has 0 N–H and O–H groups in total. The Bertz CT molecular complexity index is 533. The van der Waals surface area contributed by atoms with Crippen LogP contribution in [0.5, 0.6) is 0 Å². The Morgan fingerprint density at radius 3 is 2.61 bits per heavy atom. The lowest BCUT2D eigenvalue weighted by Crippen LogP contribution is -2.19. The first-order chi connectivity index (χ1) is 8.25. The Labute approximate surface area is 106 Å². The molecule has 0 bridgehead atoms. The van der Waals surface area contributed by atoms with Crippen LogP contribution in [0.15, 0.2) is 6.20 Å². The Morgan fingerprint density at radius 1 is 1.50 bits per heavy atom. The molecule has 0 aromatic carbocycles. The molecule has 1 rings (SSSR count). The van der Waals surface area contributed by atoms with Crippen molar-refractivity contribution in [2.24, 2.45) is 0 Å². The van der Waals surface area contributed by atoms with Crippen molar-refractivity contribution in [1.29, 1.82) is 0 Å². The fourth-order valence-electron chi connectivity index (χ4n) is 1.54. The molecule has 1 aromatic heterocycles. The van der Waals surface area contributed by atoms with Crippen LogP contribution in [0.3, 0.4) is 0 Å². The first kappa shape index (κ1) is 14.6. The highest BCUT2D eigenvalue weighted by Crippen LogP contribution is 2.14. The lowest BCUT2D eigenvalue weighted by atomic mass is 10.4. The minimum Gasteiger partial charge on any atom is -0.358 e. The smallest absolute Gasteiger partial charge is 0.342 e. The number of hydrogen-bond acceptors (Lipinski definition) is 5. The van der Waals surface area contributed by atoms with Gasteiger partial charge in [0.2, 0.25) is 0 Å². The summed E-state index contributed by atoms with van der Waals surface area (Å²) in [6.45, 7) is 5.19. The van der Waals surface area contributed by atoms with Gasteiger partial charge in [0.25, 0.3) is 0 Å². The van der Waals surface area contributed by atoms with E-state index in [9.17, 15) is 18.5 Å². The van der Waals surface area contributed by atoms with Gasteiger partial charge < -0.3 is 10.1 Å². The van der Waals surface area contributed by atoms with E-state index in [1.807, 2.05) is 0 Å². The van der Waals surface area contributed by atoms with Gasteiger partial charge in [-0.2, -0.15) is 0 Å². The summed E-state index contributed by atoms with van der Waals surface area (Å²) in [6, 6.07) is 0. The van der Waals surface area contributed by atoms with Crippen molar-refractivity contribution in [2.45, 2.75) is 39.0 Å². The van der Waals surface area contributed by atoms with Crippen LogP contribution in [-0.4, -0.2) is 33.9 Å². The molecule has 0 fully saturated rings. The molecule has 0 amide bonds. The van der Waals surface area contributed by atoms with E-state index in [0.717, 1.165) is 0 Å². The predicted molar refractivity (Wildman–Crippen MR) is 67.2 cm³/mol. The van der Waals surface area contributed by atoms with Crippen molar-refractivity contribution in [3.8, 4) is 0 Å². The first-order valence-electron chi connectivity index (χ1n) is 5.64. The molecule has 1 aromatic rings. The van der Waals surface area contributed by atoms with Gasteiger partial charge in [0.05, 0.1) is 17.5 Å². The van der Waals surface area contributed by atoms with Crippen LogP contribution in [0, 0.1) is 17.0 Å².